The molecule has 0 aliphatic carbocycles. The third kappa shape index (κ3) is 5.88. The summed E-state index contributed by atoms with van der Waals surface area (Å²) < 4.78 is 0. The fourth-order valence-corrected chi connectivity index (χ4v) is 2.29. The summed E-state index contributed by atoms with van der Waals surface area (Å²) in [7, 11) is 0. The molecule has 0 saturated carbocycles. The summed E-state index contributed by atoms with van der Waals surface area (Å²) in [6, 6.07) is 9.57. The normalized spacial score (nSPS) is 14.6. The molecule has 0 amide bonds. The smallest absolute Gasteiger partial charge is 0.00413 e. The van der Waals surface area contributed by atoms with Gasteiger partial charge in [-0.3, -0.25) is 0 Å². The molecule has 0 spiro atoms. The van der Waals surface area contributed by atoms with Gasteiger partial charge in [-0.2, -0.15) is 0 Å². The number of nitrogens with one attached hydrogen (secondary N) is 1. The zero-order chi connectivity index (χ0) is 12.7. The fourth-order valence-electron chi connectivity index (χ4n) is 2.29. The van der Waals surface area contributed by atoms with Crippen LogP contribution < -0.4 is 5.32 Å². The van der Waals surface area contributed by atoms with Crippen LogP contribution in [0.1, 0.15) is 44.7 Å². The Labute approximate surface area is 107 Å². The zero-order valence-corrected chi connectivity index (χ0v) is 11.8. The second-order valence-corrected chi connectivity index (χ2v) is 5.39. The van der Waals surface area contributed by atoms with Crippen LogP contribution in [-0.2, 0) is 6.42 Å². The molecule has 0 aromatic heterocycles. The highest BCUT2D eigenvalue weighted by Crippen LogP contribution is 2.14. The highest BCUT2D eigenvalue weighted by molar-refractivity contribution is 5.21. The van der Waals surface area contributed by atoms with Crippen LogP contribution in [0.4, 0.5) is 0 Å². The van der Waals surface area contributed by atoms with Crippen molar-refractivity contribution in [2.24, 2.45) is 5.92 Å². The SMILES string of the molecule is CCCNC(C)CC(C)Cc1ccc(C)cc1. The van der Waals surface area contributed by atoms with E-state index in [1.54, 1.807) is 0 Å². The van der Waals surface area contributed by atoms with Gasteiger partial charge in [-0.25, -0.2) is 0 Å². The molecule has 1 nitrogen and oxygen atoms in total. The fraction of sp³-hybridized carbons (Fsp3) is 0.625. The third-order valence-corrected chi connectivity index (χ3v) is 3.20. The Hall–Kier alpha value is -0.820. The van der Waals surface area contributed by atoms with Gasteiger partial charge in [-0.15, -0.1) is 0 Å². The molecule has 0 aliphatic heterocycles. The van der Waals surface area contributed by atoms with Crippen LogP contribution in [0.3, 0.4) is 0 Å². The Kier molecular flexibility index (Phi) is 6.28. The molecule has 0 aliphatic rings. The van der Waals surface area contributed by atoms with Crippen LogP contribution in [0.2, 0.25) is 0 Å². The average Bonchev–Trinajstić information content (AvgIpc) is 2.29. The summed E-state index contributed by atoms with van der Waals surface area (Å²) in [5, 5.41) is 3.56. The Balaban J connectivity index is 2.33. The first-order valence-electron chi connectivity index (χ1n) is 6.90. The number of hydrogen-bond donors (Lipinski definition) is 1. The summed E-state index contributed by atoms with van der Waals surface area (Å²) >= 11 is 0. The van der Waals surface area contributed by atoms with Crippen molar-refractivity contribution in [1.29, 1.82) is 0 Å². The Morgan fingerprint density at radius 1 is 1.12 bits per heavy atom. The summed E-state index contributed by atoms with van der Waals surface area (Å²) in [6.45, 7) is 10.1. The van der Waals surface area contributed by atoms with E-state index in [1.807, 2.05) is 0 Å². The number of rotatable bonds is 7. The molecule has 2 atom stereocenters. The first-order valence-corrected chi connectivity index (χ1v) is 6.90. The lowest BCUT2D eigenvalue weighted by atomic mass is 9.94. The molecule has 17 heavy (non-hydrogen) atoms. The zero-order valence-electron chi connectivity index (χ0n) is 11.8. The van der Waals surface area contributed by atoms with Crippen LogP contribution in [0.5, 0.6) is 0 Å². The average molecular weight is 233 g/mol. The van der Waals surface area contributed by atoms with Gasteiger partial charge in [0.1, 0.15) is 0 Å². The Bertz CT molecular complexity index is 302. The van der Waals surface area contributed by atoms with Crippen molar-refractivity contribution in [3.8, 4) is 0 Å². The number of benzene rings is 1. The molecule has 0 fully saturated rings. The molecule has 0 radical (unpaired) electrons. The van der Waals surface area contributed by atoms with Crippen molar-refractivity contribution in [2.75, 3.05) is 6.54 Å². The Morgan fingerprint density at radius 2 is 1.76 bits per heavy atom. The van der Waals surface area contributed by atoms with Crippen molar-refractivity contribution in [3.63, 3.8) is 0 Å². The lowest BCUT2D eigenvalue weighted by Crippen LogP contribution is -2.28. The van der Waals surface area contributed by atoms with E-state index in [-0.39, 0.29) is 0 Å². The van der Waals surface area contributed by atoms with Gasteiger partial charge < -0.3 is 5.32 Å². The second kappa shape index (κ2) is 7.50. The maximum Gasteiger partial charge on any atom is 0.00413 e. The minimum absolute atomic E-state index is 0.635. The molecule has 1 heteroatoms. The van der Waals surface area contributed by atoms with Crippen molar-refractivity contribution in [1.82, 2.24) is 5.32 Å². The predicted molar refractivity (Wildman–Crippen MR) is 76.4 cm³/mol. The van der Waals surface area contributed by atoms with Crippen molar-refractivity contribution in [3.05, 3.63) is 35.4 Å². The van der Waals surface area contributed by atoms with Crippen molar-refractivity contribution in [2.45, 2.75) is 53.0 Å². The van der Waals surface area contributed by atoms with Gasteiger partial charge in [0.25, 0.3) is 0 Å². The van der Waals surface area contributed by atoms with Gasteiger partial charge in [-0.05, 0) is 51.1 Å². The first kappa shape index (κ1) is 14.2. The minimum atomic E-state index is 0.635. The van der Waals surface area contributed by atoms with E-state index in [4.69, 9.17) is 0 Å². The van der Waals surface area contributed by atoms with E-state index in [2.05, 4.69) is 57.3 Å². The molecule has 0 bridgehead atoms. The van der Waals surface area contributed by atoms with Gasteiger partial charge in [0.15, 0.2) is 0 Å². The highest BCUT2D eigenvalue weighted by atomic mass is 14.9. The van der Waals surface area contributed by atoms with Crippen molar-refractivity contribution >= 4 is 0 Å². The molecule has 0 heterocycles. The molecule has 96 valence electrons. The third-order valence-electron chi connectivity index (χ3n) is 3.20. The van der Waals surface area contributed by atoms with Gasteiger partial charge >= 0.3 is 0 Å². The molecule has 1 rings (SSSR count). The van der Waals surface area contributed by atoms with E-state index in [0.29, 0.717) is 6.04 Å². The largest absolute Gasteiger partial charge is 0.314 e. The lowest BCUT2D eigenvalue weighted by molar-refractivity contribution is 0.420. The lowest BCUT2D eigenvalue weighted by Gasteiger charge is -2.18. The number of hydrogen-bond acceptors (Lipinski definition) is 1. The predicted octanol–water partition coefficient (Wildman–Crippen LogP) is 3.95. The van der Waals surface area contributed by atoms with E-state index >= 15 is 0 Å². The maximum atomic E-state index is 3.56. The van der Waals surface area contributed by atoms with E-state index < -0.39 is 0 Å². The number of aryl methyl sites for hydroxylation is 1. The van der Waals surface area contributed by atoms with E-state index in [1.165, 1.54) is 30.4 Å². The van der Waals surface area contributed by atoms with Crippen LogP contribution in [0, 0.1) is 12.8 Å². The van der Waals surface area contributed by atoms with Gasteiger partial charge in [0.2, 0.25) is 0 Å². The molecule has 1 aromatic carbocycles. The molecule has 1 N–H and O–H groups in total. The van der Waals surface area contributed by atoms with Gasteiger partial charge in [-0.1, -0.05) is 43.7 Å². The monoisotopic (exact) mass is 233 g/mol. The second-order valence-electron chi connectivity index (χ2n) is 5.39. The molecule has 2 unspecified atom stereocenters. The summed E-state index contributed by atoms with van der Waals surface area (Å²) in [5.41, 5.74) is 2.81. The molecule has 0 saturated heterocycles. The van der Waals surface area contributed by atoms with Gasteiger partial charge in [0, 0.05) is 6.04 Å². The summed E-state index contributed by atoms with van der Waals surface area (Å²) in [4.78, 5) is 0. The van der Waals surface area contributed by atoms with Crippen LogP contribution in [0.15, 0.2) is 24.3 Å². The topological polar surface area (TPSA) is 12.0 Å². The highest BCUT2D eigenvalue weighted by Gasteiger charge is 2.08. The quantitative estimate of drug-likeness (QED) is 0.752. The standard InChI is InChI=1S/C16H27N/c1-5-10-17-15(4)11-14(3)12-16-8-6-13(2)7-9-16/h6-9,14-15,17H,5,10-12H2,1-4H3. The molecule has 1 aromatic rings. The van der Waals surface area contributed by atoms with Crippen LogP contribution in [0.25, 0.3) is 0 Å². The van der Waals surface area contributed by atoms with E-state index in [0.717, 1.165) is 12.5 Å². The van der Waals surface area contributed by atoms with Crippen LogP contribution in [-0.4, -0.2) is 12.6 Å². The summed E-state index contributed by atoms with van der Waals surface area (Å²) in [6.07, 6.45) is 3.67. The van der Waals surface area contributed by atoms with Gasteiger partial charge in [0.05, 0.1) is 0 Å². The molecular weight excluding hydrogens is 206 g/mol. The molecular formula is C16H27N. The first-order chi connectivity index (χ1) is 8.11. The minimum Gasteiger partial charge on any atom is -0.314 e. The van der Waals surface area contributed by atoms with Crippen LogP contribution >= 0.6 is 0 Å². The summed E-state index contributed by atoms with van der Waals surface area (Å²) in [5.74, 6) is 0.747. The van der Waals surface area contributed by atoms with E-state index in [9.17, 15) is 0 Å². The maximum absolute atomic E-state index is 3.56. The Morgan fingerprint density at radius 3 is 2.35 bits per heavy atom. The van der Waals surface area contributed by atoms with Crippen molar-refractivity contribution < 1.29 is 0 Å².